The average Bonchev–Trinajstić information content (AvgIpc) is 2.65. The molecule has 6 heteroatoms. The van der Waals surface area contributed by atoms with Crippen molar-refractivity contribution in [2.75, 3.05) is 24.4 Å². The Kier molecular flexibility index (Phi) is 7.49. The Morgan fingerprint density at radius 1 is 0.846 bits per heavy atom. The molecule has 0 saturated heterocycles. The number of benzene rings is 2. The van der Waals surface area contributed by atoms with Gasteiger partial charge in [-0.3, -0.25) is 10.6 Å². The lowest BCUT2D eigenvalue weighted by molar-refractivity contribution is 0.160. The minimum Gasteiger partial charge on any atom is -0.453 e. The third kappa shape index (κ3) is 6.47. The quantitative estimate of drug-likeness (QED) is 0.698. The van der Waals surface area contributed by atoms with E-state index in [2.05, 4.69) is 15.4 Å². The molecule has 0 atom stereocenters. The highest BCUT2D eigenvalue weighted by atomic mass is 16.5. The maximum atomic E-state index is 11.6. The Morgan fingerprint density at radius 3 is 1.81 bits per heavy atom. The van der Waals surface area contributed by atoms with Crippen molar-refractivity contribution in [3.63, 3.8) is 0 Å². The third-order valence-corrected chi connectivity index (χ3v) is 3.73. The Bertz CT molecular complexity index is 712. The van der Waals surface area contributed by atoms with E-state index < -0.39 is 12.2 Å². The van der Waals surface area contributed by atoms with Gasteiger partial charge in [0, 0.05) is 11.4 Å². The first-order valence-corrected chi connectivity index (χ1v) is 8.57. The molecule has 138 valence electrons. The first-order chi connectivity index (χ1) is 12.6. The molecule has 0 bridgehead atoms. The fourth-order valence-corrected chi connectivity index (χ4v) is 2.28. The molecule has 0 spiro atoms. The van der Waals surface area contributed by atoms with Crippen molar-refractivity contribution in [2.45, 2.75) is 26.2 Å². The lowest BCUT2D eigenvalue weighted by Crippen LogP contribution is -2.14. The van der Waals surface area contributed by atoms with Gasteiger partial charge in [-0.1, -0.05) is 37.6 Å². The molecule has 0 aliphatic heterocycles. The number of hydrogen-bond donors (Lipinski definition) is 2. The van der Waals surface area contributed by atoms with Crippen LogP contribution in [-0.2, 0) is 15.9 Å². The fraction of sp³-hybridized carbons (Fsp3) is 0.300. The van der Waals surface area contributed by atoms with Gasteiger partial charge in [0.15, 0.2) is 0 Å². The van der Waals surface area contributed by atoms with Crippen LogP contribution in [0.5, 0.6) is 0 Å². The number of hydrogen-bond acceptors (Lipinski definition) is 4. The number of carbonyl (C=O) groups is 2. The van der Waals surface area contributed by atoms with Crippen molar-refractivity contribution >= 4 is 23.6 Å². The van der Waals surface area contributed by atoms with E-state index in [0.29, 0.717) is 18.0 Å². The van der Waals surface area contributed by atoms with E-state index in [4.69, 9.17) is 4.74 Å². The normalized spacial score (nSPS) is 10.1. The van der Waals surface area contributed by atoms with Crippen molar-refractivity contribution in [3.8, 4) is 0 Å². The van der Waals surface area contributed by atoms with Crippen molar-refractivity contribution in [1.29, 1.82) is 0 Å². The van der Waals surface area contributed by atoms with Gasteiger partial charge < -0.3 is 9.47 Å². The number of unbranched alkanes of at least 4 members (excludes halogenated alkanes) is 1. The molecule has 0 radical (unpaired) electrons. The highest BCUT2D eigenvalue weighted by molar-refractivity contribution is 5.85. The van der Waals surface area contributed by atoms with E-state index >= 15 is 0 Å². The number of rotatable bonds is 7. The zero-order chi connectivity index (χ0) is 18.8. The predicted molar refractivity (Wildman–Crippen MR) is 102 cm³/mol. The summed E-state index contributed by atoms with van der Waals surface area (Å²) < 4.78 is 9.63. The number of carbonyl (C=O) groups excluding carboxylic acids is 2. The van der Waals surface area contributed by atoms with Gasteiger partial charge in [0.2, 0.25) is 0 Å². The van der Waals surface area contributed by atoms with Crippen LogP contribution in [-0.4, -0.2) is 25.9 Å². The van der Waals surface area contributed by atoms with Crippen LogP contribution < -0.4 is 10.6 Å². The van der Waals surface area contributed by atoms with Crippen molar-refractivity contribution in [1.82, 2.24) is 0 Å². The molecule has 2 aromatic carbocycles. The van der Waals surface area contributed by atoms with Crippen LogP contribution in [0, 0.1) is 0 Å². The van der Waals surface area contributed by atoms with Crippen LogP contribution in [0.3, 0.4) is 0 Å². The van der Waals surface area contributed by atoms with E-state index in [1.165, 1.54) is 7.11 Å². The molecule has 0 aliphatic rings. The Labute approximate surface area is 153 Å². The smallest absolute Gasteiger partial charge is 0.411 e. The molecule has 0 aliphatic carbocycles. The second-order valence-electron chi connectivity index (χ2n) is 5.80. The highest BCUT2D eigenvalue weighted by Crippen LogP contribution is 2.16. The highest BCUT2D eigenvalue weighted by Gasteiger charge is 2.04. The van der Waals surface area contributed by atoms with Crippen LogP contribution in [0.25, 0.3) is 0 Å². The van der Waals surface area contributed by atoms with Crippen LogP contribution in [0.4, 0.5) is 21.0 Å². The molecule has 2 N–H and O–H groups in total. The molecular weight excluding hydrogens is 332 g/mol. The van der Waals surface area contributed by atoms with Crippen LogP contribution in [0.1, 0.15) is 30.9 Å². The molecule has 0 saturated carbocycles. The molecule has 2 rings (SSSR count). The monoisotopic (exact) mass is 356 g/mol. The zero-order valence-electron chi connectivity index (χ0n) is 15.1. The number of nitrogens with one attached hydrogen (secondary N) is 2. The summed E-state index contributed by atoms with van der Waals surface area (Å²) in [5.41, 5.74) is 3.61. The van der Waals surface area contributed by atoms with Gasteiger partial charge in [-0.15, -0.1) is 0 Å². The predicted octanol–water partition coefficient (Wildman–Crippen LogP) is 4.80. The van der Waals surface area contributed by atoms with E-state index in [-0.39, 0.29) is 0 Å². The Balaban J connectivity index is 1.86. The minimum absolute atomic E-state index is 0.431. The summed E-state index contributed by atoms with van der Waals surface area (Å²) in [7, 11) is 1.33. The van der Waals surface area contributed by atoms with E-state index in [0.717, 1.165) is 30.4 Å². The van der Waals surface area contributed by atoms with Gasteiger partial charge in [-0.05, 0) is 48.2 Å². The fourth-order valence-electron chi connectivity index (χ4n) is 2.28. The molecule has 26 heavy (non-hydrogen) atoms. The summed E-state index contributed by atoms with van der Waals surface area (Å²) in [6.45, 7) is 2.48. The lowest BCUT2D eigenvalue weighted by Gasteiger charge is -2.08. The number of anilines is 2. The second-order valence-corrected chi connectivity index (χ2v) is 5.80. The van der Waals surface area contributed by atoms with Gasteiger partial charge in [0.05, 0.1) is 13.7 Å². The van der Waals surface area contributed by atoms with Gasteiger partial charge >= 0.3 is 12.2 Å². The largest absolute Gasteiger partial charge is 0.453 e. The van der Waals surface area contributed by atoms with Crippen LogP contribution in [0.2, 0.25) is 0 Å². The van der Waals surface area contributed by atoms with Gasteiger partial charge in [0.25, 0.3) is 0 Å². The van der Waals surface area contributed by atoms with E-state index in [1.54, 1.807) is 0 Å². The van der Waals surface area contributed by atoms with Crippen molar-refractivity contribution in [3.05, 3.63) is 59.7 Å². The van der Waals surface area contributed by atoms with Crippen LogP contribution in [0.15, 0.2) is 48.5 Å². The van der Waals surface area contributed by atoms with Crippen molar-refractivity contribution < 1.29 is 19.1 Å². The van der Waals surface area contributed by atoms with Gasteiger partial charge in [-0.25, -0.2) is 9.59 Å². The molecular formula is C20H24N2O4. The molecule has 2 aromatic rings. The van der Waals surface area contributed by atoms with Crippen LogP contribution >= 0.6 is 0 Å². The molecule has 0 aromatic heterocycles. The molecule has 0 unspecified atom stereocenters. The average molecular weight is 356 g/mol. The Hall–Kier alpha value is -3.02. The summed E-state index contributed by atoms with van der Waals surface area (Å²) in [5, 5.41) is 5.32. The molecule has 2 amide bonds. The number of methoxy groups -OCH3 is 1. The lowest BCUT2D eigenvalue weighted by atomic mass is 10.0. The zero-order valence-corrected chi connectivity index (χ0v) is 15.1. The topological polar surface area (TPSA) is 76.7 Å². The van der Waals surface area contributed by atoms with Gasteiger partial charge in [0.1, 0.15) is 0 Å². The molecule has 0 fully saturated rings. The maximum Gasteiger partial charge on any atom is 0.411 e. The van der Waals surface area contributed by atoms with E-state index in [1.807, 2.05) is 55.5 Å². The molecule has 6 nitrogen and oxygen atoms in total. The SMILES string of the molecule is CCCCOC(=O)Nc1ccc(Cc2ccc(NC(=O)OC)cc2)cc1. The first-order valence-electron chi connectivity index (χ1n) is 8.57. The summed E-state index contributed by atoms with van der Waals surface area (Å²) in [6, 6.07) is 15.2. The maximum absolute atomic E-state index is 11.6. The number of amides is 2. The van der Waals surface area contributed by atoms with Gasteiger partial charge in [-0.2, -0.15) is 0 Å². The molecule has 0 heterocycles. The van der Waals surface area contributed by atoms with Crippen molar-refractivity contribution in [2.24, 2.45) is 0 Å². The summed E-state index contributed by atoms with van der Waals surface area (Å²) in [6.07, 6.45) is 1.68. The summed E-state index contributed by atoms with van der Waals surface area (Å²) in [4.78, 5) is 22.8. The first kappa shape index (κ1) is 19.3. The Morgan fingerprint density at radius 2 is 1.35 bits per heavy atom. The summed E-state index contributed by atoms with van der Waals surface area (Å²) in [5.74, 6) is 0. The van der Waals surface area contributed by atoms with E-state index in [9.17, 15) is 9.59 Å². The number of ether oxygens (including phenoxy) is 2. The summed E-state index contributed by atoms with van der Waals surface area (Å²) >= 11 is 0. The third-order valence-electron chi connectivity index (χ3n) is 3.73. The standard InChI is InChI=1S/C20H24N2O4/c1-3-4-13-26-20(24)22-18-11-7-16(8-12-18)14-15-5-9-17(10-6-15)21-19(23)25-2/h5-12H,3-4,13-14H2,1-2H3,(H,21,23)(H,22,24). The second kappa shape index (κ2) is 10.1. The minimum atomic E-state index is -0.492.